The Morgan fingerprint density at radius 1 is 1.16 bits per heavy atom. The molecule has 7 heteroatoms. The molecule has 2 aromatic carbocycles. The molecule has 2 atom stereocenters. The summed E-state index contributed by atoms with van der Waals surface area (Å²) in [5.74, 6) is 0.741. The standard InChI is InChI=1S/C25H27N3O4/c1-3-21(29)31-20-12-11-17-14-19-15(2)9-10-16-6-4-7-18(23(16)19)24(17)25(20)32-22(30)8-5-13-27-28-26/h4,6-7,11-12,15,19H,3,5,8-10,13-14H2,1-2H3/t15?,19-/m0/s1. The third-order valence-corrected chi connectivity index (χ3v) is 6.47. The van der Waals surface area contributed by atoms with Crippen molar-refractivity contribution in [3.63, 3.8) is 0 Å². The maximum absolute atomic E-state index is 12.6. The number of carbonyl (C=O) groups is 2. The molecule has 0 bridgehead atoms. The molecule has 32 heavy (non-hydrogen) atoms. The highest BCUT2D eigenvalue weighted by molar-refractivity contribution is 5.87. The summed E-state index contributed by atoms with van der Waals surface area (Å²) in [5, 5.41) is 3.46. The summed E-state index contributed by atoms with van der Waals surface area (Å²) in [6.45, 7) is 4.25. The topological polar surface area (TPSA) is 101 Å². The molecule has 0 saturated heterocycles. The second-order valence-electron chi connectivity index (χ2n) is 8.49. The van der Waals surface area contributed by atoms with E-state index in [1.807, 2.05) is 12.1 Å². The molecule has 4 rings (SSSR count). The normalized spacial score (nSPS) is 18.1. The number of benzene rings is 2. The molecule has 2 aliphatic carbocycles. The maximum atomic E-state index is 12.6. The highest BCUT2D eigenvalue weighted by Crippen LogP contribution is 2.53. The van der Waals surface area contributed by atoms with Crippen LogP contribution in [0.25, 0.3) is 21.6 Å². The van der Waals surface area contributed by atoms with Gasteiger partial charge in [-0.05, 0) is 71.4 Å². The summed E-state index contributed by atoms with van der Waals surface area (Å²) < 4.78 is 11.4. The van der Waals surface area contributed by atoms with E-state index in [1.54, 1.807) is 13.0 Å². The van der Waals surface area contributed by atoms with Crippen LogP contribution in [0.1, 0.15) is 62.1 Å². The van der Waals surface area contributed by atoms with Crippen molar-refractivity contribution in [2.45, 2.75) is 58.3 Å². The van der Waals surface area contributed by atoms with Gasteiger partial charge >= 0.3 is 11.9 Å². The van der Waals surface area contributed by atoms with Crippen molar-refractivity contribution in [2.75, 3.05) is 6.54 Å². The monoisotopic (exact) mass is 433 g/mol. The van der Waals surface area contributed by atoms with E-state index in [0.29, 0.717) is 24.0 Å². The van der Waals surface area contributed by atoms with Crippen LogP contribution in [-0.4, -0.2) is 18.5 Å². The predicted octanol–water partition coefficient (Wildman–Crippen LogP) is 5.89. The molecule has 0 aromatic heterocycles. The van der Waals surface area contributed by atoms with Gasteiger partial charge in [-0.2, -0.15) is 0 Å². The lowest BCUT2D eigenvalue weighted by molar-refractivity contribution is -0.137. The molecule has 0 saturated carbocycles. The third kappa shape index (κ3) is 4.21. The van der Waals surface area contributed by atoms with Gasteiger partial charge in [0.1, 0.15) is 0 Å². The van der Waals surface area contributed by atoms with Crippen molar-refractivity contribution >= 4 is 11.9 Å². The third-order valence-electron chi connectivity index (χ3n) is 6.47. The van der Waals surface area contributed by atoms with Crippen LogP contribution in [-0.2, 0) is 22.4 Å². The number of carbonyl (C=O) groups excluding carboxylic acids is 2. The minimum absolute atomic E-state index is 0.108. The summed E-state index contributed by atoms with van der Waals surface area (Å²) in [7, 11) is 0. The van der Waals surface area contributed by atoms with Gasteiger partial charge in [0.15, 0.2) is 11.5 Å². The minimum atomic E-state index is -0.444. The molecule has 0 N–H and O–H groups in total. The van der Waals surface area contributed by atoms with Crippen LogP contribution < -0.4 is 9.47 Å². The average Bonchev–Trinajstić information content (AvgIpc) is 2.80. The van der Waals surface area contributed by atoms with Gasteiger partial charge in [0.25, 0.3) is 0 Å². The SMILES string of the molecule is CCC(=O)Oc1ccc2c(c1OC(=O)CCCN=[N+]=[N-])-c1cccc3c1[C@@H](C2)C(C)CC3. The Balaban J connectivity index is 1.78. The van der Waals surface area contributed by atoms with Crippen molar-refractivity contribution in [1.82, 2.24) is 0 Å². The zero-order valence-electron chi connectivity index (χ0n) is 18.5. The van der Waals surface area contributed by atoms with Crippen LogP contribution in [0.15, 0.2) is 35.4 Å². The van der Waals surface area contributed by atoms with Gasteiger partial charge in [0.05, 0.1) is 0 Å². The molecular weight excluding hydrogens is 406 g/mol. The Hall–Kier alpha value is -3.31. The predicted molar refractivity (Wildman–Crippen MR) is 121 cm³/mol. The lowest BCUT2D eigenvalue weighted by atomic mass is 9.67. The van der Waals surface area contributed by atoms with Gasteiger partial charge < -0.3 is 9.47 Å². The smallest absolute Gasteiger partial charge is 0.311 e. The highest BCUT2D eigenvalue weighted by Gasteiger charge is 2.36. The fraction of sp³-hybridized carbons (Fsp3) is 0.440. The molecule has 166 valence electrons. The second kappa shape index (κ2) is 9.45. The molecule has 0 amide bonds. The fourth-order valence-corrected chi connectivity index (χ4v) is 4.85. The number of aryl methyl sites for hydroxylation is 1. The Morgan fingerprint density at radius 3 is 2.78 bits per heavy atom. The van der Waals surface area contributed by atoms with E-state index in [0.717, 1.165) is 36.0 Å². The first kappa shape index (κ1) is 21.9. The lowest BCUT2D eigenvalue weighted by Gasteiger charge is -2.38. The number of rotatable bonds is 7. The zero-order valence-corrected chi connectivity index (χ0v) is 18.5. The number of ether oxygens (including phenoxy) is 2. The molecule has 0 radical (unpaired) electrons. The summed E-state index contributed by atoms with van der Waals surface area (Å²) in [4.78, 5) is 27.4. The molecule has 0 heterocycles. The van der Waals surface area contributed by atoms with E-state index in [1.165, 1.54) is 11.1 Å². The van der Waals surface area contributed by atoms with Crippen molar-refractivity contribution in [3.05, 3.63) is 57.5 Å². The Kier molecular flexibility index (Phi) is 6.47. The highest BCUT2D eigenvalue weighted by atomic mass is 16.6. The largest absolute Gasteiger partial charge is 0.422 e. The van der Waals surface area contributed by atoms with Gasteiger partial charge in [-0.25, -0.2) is 0 Å². The summed E-state index contributed by atoms with van der Waals surface area (Å²) in [6, 6.07) is 10.0. The summed E-state index contributed by atoms with van der Waals surface area (Å²) in [5.41, 5.74) is 14.1. The zero-order chi connectivity index (χ0) is 22.7. The minimum Gasteiger partial charge on any atom is -0.422 e. The van der Waals surface area contributed by atoms with Crippen molar-refractivity contribution in [1.29, 1.82) is 0 Å². The van der Waals surface area contributed by atoms with Gasteiger partial charge in [0, 0.05) is 29.9 Å². The van der Waals surface area contributed by atoms with Gasteiger partial charge in [-0.15, -0.1) is 0 Å². The summed E-state index contributed by atoms with van der Waals surface area (Å²) in [6.07, 6.45) is 3.78. The first-order valence-electron chi connectivity index (χ1n) is 11.2. The van der Waals surface area contributed by atoms with Crippen molar-refractivity contribution < 1.29 is 19.1 Å². The van der Waals surface area contributed by atoms with Crippen LogP contribution in [0.3, 0.4) is 0 Å². The number of azide groups is 1. The Bertz CT molecular complexity index is 1100. The molecule has 1 unspecified atom stereocenters. The van der Waals surface area contributed by atoms with Gasteiger partial charge in [-0.3, -0.25) is 9.59 Å². The number of hydrogen-bond acceptors (Lipinski definition) is 5. The molecule has 0 aliphatic heterocycles. The Labute approximate surface area is 187 Å². The van der Waals surface area contributed by atoms with E-state index in [2.05, 4.69) is 29.1 Å². The van der Waals surface area contributed by atoms with E-state index in [9.17, 15) is 9.59 Å². The number of nitrogens with zero attached hydrogens (tertiary/aromatic N) is 3. The van der Waals surface area contributed by atoms with E-state index < -0.39 is 5.97 Å². The molecular formula is C25H27N3O4. The maximum Gasteiger partial charge on any atom is 0.311 e. The van der Waals surface area contributed by atoms with Crippen LogP contribution in [0.2, 0.25) is 0 Å². The molecule has 7 nitrogen and oxygen atoms in total. The van der Waals surface area contributed by atoms with Crippen LogP contribution in [0, 0.1) is 5.92 Å². The first-order chi connectivity index (χ1) is 15.5. The van der Waals surface area contributed by atoms with E-state index >= 15 is 0 Å². The van der Waals surface area contributed by atoms with E-state index in [-0.39, 0.29) is 31.1 Å². The number of esters is 2. The van der Waals surface area contributed by atoms with Crippen LogP contribution >= 0.6 is 0 Å². The molecule has 2 aliphatic rings. The molecule has 2 aromatic rings. The van der Waals surface area contributed by atoms with E-state index in [4.69, 9.17) is 15.0 Å². The number of fused-ring (bicyclic) bond motifs is 2. The first-order valence-corrected chi connectivity index (χ1v) is 11.2. The number of hydrogen-bond donors (Lipinski definition) is 0. The molecule has 0 spiro atoms. The fourth-order valence-electron chi connectivity index (χ4n) is 4.85. The van der Waals surface area contributed by atoms with Crippen molar-refractivity contribution in [2.24, 2.45) is 11.0 Å². The van der Waals surface area contributed by atoms with Crippen molar-refractivity contribution in [3.8, 4) is 22.6 Å². The van der Waals surface area contributed by atoms with Crippen LogP contribution in [0.4, 0.5) is 0 Å². The van der Waals surface area contributed by atoms with Gasteiger partial charge in [-0.1, -0.05) is 43.2 Å². The van der Waals surface area contributed by atoms with Crippen LogP contribution in [0.5, 0.6) is 11.5 Å². The lowest BCUT2D eigenvalue weighted by Crippen LogP contribution is -2.25. The Morgan fingerprint density at radius 2 is 2.00 bits per heavy atom. The van der Waals surface area contributed by atoms with Gasteiger partial charge in [0.2, 0.25) is 0 Å². The average molecular weight is 434 g/mol. The summed E-state index contributed by atoms with van der Waals surface area (Å²) >= 11 is 0. The second-order valence-corrected chi connectivity index (χ2v) is 8.49. The molecule has 0 fully saturated rings. The quantitative estimate of drug-likeness (QED) is 0.136.